The van der Waals surface area contributed by atoms with Crippen molar-refractivity contribution in [2.75, 3.05) is 0 Å². The number of hydrogen-bond donors (Lipinski definition) is 0. The summed E-state index contributed by atoms with van der Waals surface area (Å²) in [6.45, 7) is 0. The largest absolute Gasteiger partial charge is 0.299 e. The molecule has 0 saturated heterocycles. The number of ketones is 1. The van der Waals surface area contributed by atoms with E-state index in [2.05, 4.69) is 0 Å². The average Bonchev–Trinajstić information content (AvgIpc) is 2.77. The zero-order valence-electron chi connectivity index (χ0n) is 8.13. The van der Waals surface area contributed by atoms with Crippen LogP contribution in [0.1, 0.15) is 51.4 Å². The van der Waals surface area contributed by atoms with Crippen LogP contribution in [0.4, 0.5) is 0 Å². The summed E-state index contributed by atoms with van der Waals surface area (Å²) >= 11 is 0. The Kier molecular flexibility index (Phi) is 4.43. The predicted octanol–water partition coefficient (Wildman–Crippen LogP) is 3.51. The minimum atomic E-state index is 0. The van der Waals surface area contributed by atoms with Gasteiger partial charge in [-0.15, -0.1) is 17.0 Å². The first kappa shape index (κ1) is 11.2. The first-order valence-corrected chi connectivity index (χ1v) is 5.41. The molecule has 0 aliphatic heterocycles. The molecule has 0 N–H and O–H groups in total. The Labute approximate surface area is 91.1 Å². The zero-order valence-corrected chi connectivity index (χ0v) is 9.84. The smallest absolute Gasteiger partial charge is 0.139 e. The van der Waals surface area contributed by atoms with Gasteiger partial charge in [0, 0.05) is 11.8 Å². The normalized spacial score (nSPS) is 24.6. The van der Waals surface area contributed by atoms with E-state index < -0.39 is 0 Å². The maximum Gasteiger partial charge on any atom is 0.139 e. The Balaban J connectivity index is 0.000000845. The van der Waals surface area contributed by atoms with Crippen molar-refractivity contribution in [1.29, 1.82) is 0 Å². The molecular formula is C11H19BrO. The van der Waals surface area contributed by atoms with E-state index in [9.17, 15) is 4.79 Å². The van der Waals surface area contributed by atoms with Crippen molar-refractivity contribution < 1.29 is 4.79 Å². The lowest BCUT2D eigenvalue weighted by atomic mass is 9.90. The molecule has 76 valence electrons. The molecular weight excluding hydrogens is 228 g/mol. The van der Waals surface area contributed by atoms with Gasteiger partial charge in [-0.25, -0.2) is 0 Å². The quantitative estimate of drug-likeness (QED) is 0.729. The van der Waals surface area contributed by atoms with Gasteiger partial charge in [0.15, 0.2) is 0 Å². The van der Waals surface area contributed by atoms with E-state index in [4.69, 9.17) is 0 Å². The van der Waals surface area contributed by atoms with Gasteiger partial charge in [-0.2, -0.15) is 0 Å². The summed E-state index contributed by atoms with van der Waals surface area (Å²) in [5.41, 5.74) is 0. The maximum absolute atomic E-state index is 11.8. The van der Waals surface area contributed by atoms with Crippen molar-refractivity contribution in [2.24, 2.45) is 11.8 Å². The van der Waals surface area contributed by atoms with Crippen molar-refractivity contribution in [1.82, 2.24) is 0 Å². The minimum Gasteiger partial charge on any atom is -0.299 e. The monoisotopic (exact) mass is 246 g/mol. The number of carbonyl (C=O) groups excluding carboxylic acids is 1. The molecule has 13 heavy (non-hydrogen) atoms. The molecule has 0 unspecified atom stereocenters. The lowest BCUT2D eigenvalue weighted by Crippen LogP contribution is -2.19. The van der Waals surface area contributed by atoms with Gasteiger partial charge in [-0.3, -0.25) is 4.79 Å². The molecule has 0 atom stereocenters. The van der Waals surface area contributed by atoms with Gasteiger partial charge in [0.2, 0.25) is 0 Å². The SMILES string of the molecule is Br.O=C(C1CCCC1)C1CCCC1. The second kappa shape index (κ2) is 5.14. The molecule has 2 heteroatoms. The molecule has 2 rings (SSSR count). The highest BCUT2D eigenvalue weighted by Crippen LogP contribution is 2.34. The van der Waals surface area contributed by atoms with Crippen LogP contribution in [0.25, 0.3) is 0 Å². The van der Waals surface area contributed by atoms with Gasteiger partial charge < -0.3 is 0 Å². The second-order valence-electron chi connectivity index (χ2n) is 4.37. The van der Waals surface area contributed by atoms with Gasteiger partial charge in [-0.1, -0.05) is 25.7 Å². The van der Waals surface area contributed by atoms with Crippen molar-refractivity contribution in [3.05, 3.63) is 0 Å². The van der Waals surface area contributed by atoms with Crippen LogP contribution in [0.2, 0.25) is 0 Å². The van der Waals surface area contributed by atoms with E-state index in [1.807, 2.05) is 0 Å². The molecule has 0 radical (unpaired) electrons. The molecule has 0 aromatic rings. The molecule has 0 amide bonds. The van der Waals surface area contributed by atoms with E-state index in [0.717, 1.165) is 0 Å². The first-order chi connectivity index (χ1) is 5.88. The summed E-state index contributed by atoms with van der Waals surface area (Å²) in [6.07, 6.45) is 9.94. The Hall–Kier alpha value is 0.150. The first-order valence-electron chi connectivity index (χ1n) is 5.41. The Morgan fingerprint density at radius 2 is 1.08 bits per heavy atom. The van der Waals surface area contributed by atoms with Crippen molar-refractivity contribution >= 4 is 22.8 Å². The Morgan fingerprint density at radius 3 is 1.38 bits per heavy atom. The third-order valence-corrected chi connectivity index (χ3v) is 3.52. The number of hydrogen-bond acceptors (Lipinski definition) is 1. The molecule has 2 saturated carbocycles. The lowest BCUT2D eigenvalue weighted by molar-refractivity contribution is -0.126. The third-order valence-electron chi connectivity index (χ3n) is 3.52. The molecule has 2 aliphatic rings. The fourth-order valence-electron chi connectivity index (χ4n) is 2.75. The molecule has 2 fully saturated rings. The standard InChI is InChI=1S/C11H18O.BrH/c12-11(9-5-1-2-6-9)10-7-3-4-8-10;/h9-10H,1-8H2;1H. The summed E-state index contributed by atoms with van der Waals surface area (Å²) in [5, 5.41) is 0. The van der Waals surface area contributed by atoms with Crippen molar-refractivity contribution in [3.8, 4) is 0 Å². The molecule has 2 aliphatic carbocycles. The van der Waals surface area contributed by atoms with E-state index in [1.165, 1.54) is 51.4 Å². The molecule has 1 nitrogen and oxygen atoms in total. The predicted molar refractivity (Wildman–Crippen MR) is 59.2 cm³/mol. The Bertz CT molecular complexity index is 149. The van der Waals surface area contributed by atoms with Gasteiger partial charge in [-0.05, 0) is 25.7 Å². The second-order valence-corrected chi connectivity index (χ2v) is 4.37. The van der Waals surface area contributed by atoms with Crippen molar-refractivity contribution in [3.63, 3.8) is 0 Å². The molecule has 0 spiro atoms. The summed E-state index contributed by atoms with van der Waals surface area (Å²) in [4.78, 5) is 11.8. The van der Waals surface area contributed by atoms with E-state index in [-0.39, 0.29) is 17.0 Å². The van der Waals surface area contributed by atoms with Crippen LogP contribution in [-0.2, 0) is 4.79 Å². The fourth-order valence-corrected chi connectivity index (χ4v) is 2.75. The van der Waals surface area contributed by atoms with E-state index in [1.54, 1.807) is 0 Å². The highest BCUT2D eigenvalue weighted by atomic mass is 79.9. The van der Waals surface area contributed by atoms with Crippen LogP contribution in [-0.4, -0.2) is 5.78 Å². The third kappa shape index (κ3) is 2.55. The Morgan fingerprint density at radius 1 is 0.769 bits per heavy atom. The fraction of sp³-hybridized carbons (Fsp3) is 0.909. The number of rotatable bonds is 2. The number of halogens is 1. The van der Waals surface area contributed by atoms with Crippen LogP contribution < -0.4 is 0 Å². The molecule has 0 heterocycles. The maximum atomic E-state index is 11.8. The van der Waals surface area contributed by atoms with Crippen LogP contribution in [0.15, 0.2) is 0 Å². The lowest BCUT2D eigenvalue weighted by Gasteiger charge is -2.12. The summed E-state index contributed by atoms with van der Waals surface area (Å²) in [6, 6.07) is 0. The average molecular weight is 247 g/mol. The number of Topliss-reactive ketones (excluding diaryl/α,β-unsaturated/α-hetero) is 1. The van der Waals surface area contributed by atoms with Crippen LogP contribution in [0, 0.1) is 11.8 Å². The summed E-state index contributed by atoms with van der Waals surface area (Å²) < 4.78 is 0. The van der Waals surface area contributed by atoms with Gasteiger partial charge in [0.05, 0.1) is 0 Å². The van der Waals surface area contributed by atoms with Gasteiger partial charge >= 0.3 is 0 Å². The topological polar surface area (TPSA) is 17.1 Å². The zero-order chi connectivity index (χ0) is 8.39. The number of carbonyl (C=O) groups is 1. The molecule has 0 bridgehead atoms. The van der Waals surface area contributed by atoms with E-state index >= 15 is 0 Å². The molecule has 0 aromatic carbocycles. The van der Waals surface area contributed by atoms with Gasteiger partial charge in [0.25, 0.3) is 0 Å². The van der Waals surface area contributed by atoms with Crippen LogP contribution >= 0.6 is 17.0 Å². The van der Waals surface area contributed by atoms with Crippen LogP contribution in [0.3, 0.4) is 0 Å². The summed E-state index contributed by atoms with van der Waals surface area (Å²) in [7, 11) is 0. The highest BCUT2D eigenvalue weighted by molar-refractivity contribution is 8.93. The highest BCUT2D eigenvalue weighted by Gasteiger charge is 2.30. The van der Waals surface area contributed by atoms with Gasteiger partial charge in [0.1, 0.15) is 5.78 Å². The van der Waals surface area contributed by atoms with Crippen LogP contribution in [0.5, 0.6) is 0 Å². The van der Waals surface area contributed by atoms with Crippen molar-refractivity contribution in [2.45, 2.75) is 51.4 Å². The van der Waals surface area contributed by atoms with E-state index in [0.29, 0.717) is 17.6 Å². The minimum absolute atomic E-state index is 0. The summed E-state index contributed by atoms with van der Waals surface area (Å²) in [5.74, 6) is 1.55. The molecule has 0 aromatic heterocycles.